The number of rotatable bonds is 2. The summed E-state index contributed by atoms with van der Waals surface area (Å²) < 4.78 is 0. The third kappa shape index (κ3) is 6.96. The highest BCUT2D eigenvalue weighted by atomic mass is 16.4. The van der Waals surface area contributed by atoms with Crippen LogP contribution in [0.5, 0.6) is 0 Å². The van der Waals surface area contributed by atoms with Crippen molar-refractivity contribution >= 4 is 17.8 Å². The Balaban J connectivity index is 0.000000379. The Hall–Kier alpha value is -1.67. The molecule has 8 nitrogen and oxygen atoms in total. The number of likely N-dealkylation sites (N-methyl/N-ethyl adjacent to an activating group) is 1. The number of carbonyl (C=O) groups excluding carboxylic acids is 1. The first-order valence-corrected chi connectivity index (χ1v) is 7.98. The topological polar surface area (TPSA) is 101 Å². The van der Waals surface area contributed by atoms with Crippen LogP contribution < -0.4 is 0 Å². The van der Waals surface area contributed by atoms with E-state index in [1.165, 1.54) is 19.3 Å². The van der Waals surface area contributed by atoms with Crippen molar-refractivity contribution in [1.82, 2.24) is 14.7 Å². The van der Waals surface area contributed by atoms with Gasteiger partial charge in [0.25, 0.3) is 0 Å². The average molecular weight is 329 g/mol. The van der Waals surface area contributed by atoms with Gasteiger partial charge >= 0.3 is 11.9 Å². The van der Waals surface area contributed by atoms with Gasteiger partial charge in [-0.2, -0.15) is 0 Å². The molecule has 0 aromatic heterocycles. The van der Waals surface area contributed by atoms with Crippen molar-refractivity contribution in [3.63, 3.8) is 0 Å². The summed E-state index contributed by atoms with van der Waals surface area (Å²) >= 11 is 0. The zero-order valence-electron chi connectivity index (χ0n) is 13.9. The van der Waals surface area contributed by atoms with Gasteiger partial charge in [-0.05, 0) is 33.2 Å². The van der Waals surface area contributed by atoms with Gasteiger partial charge in [0, 0.05) is 38.8 Å². The van der Waals surface area contributed by atoms with Crippen LogP contribution in [0, 0.1) is 0 Å². The average Bonchev–Trinajstić information content (AvgIpc) is 2.50. The van der Waals surface area contributed by atoms with Crippen molar-refractivity contribution in [2.24, 2.45) is 0 Å². The van der Waals surface area contributed by atoms with E-state index in [2.05, 4.69) is 28.7 Å². The van der Waals surface area contributed by atoms with Crippen molar-refractivity contribution < 1.29 is 24.6 Å². The molecule has 0 bridgehead atoms. The maximum absolute atomic E-state index is 12.2. The second kappa shape index (κ2) is 9.46. The van der Waals surface area contributed by atoms with Gasteiger partial charge in [-0.3, -0.25) is 9.69 Å². The maximum atomic E-state index is 12.2. The third-order valence-electron chi connectivity index (χ3n) is 4.26. The number of carbonyl (C=O) groups is 3. The van der Waals surface area contributed by atoms with E-state index in [1.54, 1.807) is 0 Å². The number of carboxylic acids is 2. The number of carboxylic acid groups (broad SMARTS) is 2. The molecule has 2 aliphatic rings. The van der Waals surface area contributed by atoms with Crippen molar-refractivity contribution in [1.29, 1.82) is 0 Å². The number of hydrogen-bond donors (Lipinski definition) is 2. The summed E-state index contributed by atoms with van der Waals surface area (Å²) in [6, 6.07) is 0.448. The fourth-order valence-electron chi connectivity index (χ4n) is 2.76. The van der Waals surface area contributed by atoms with Crippen LogP contribution in [-0.4, -0.2) is 95.1 Å². The first kappa shape index (κ1) is 19.4. The number of aliphatic carboxylic acids is 2. The first-order valence-electron chi connectivity index (χ1n) is 7.98. The molecule has 0 aromatic rings. The molecule has 2 N–H and O–H groups in total. The minimum Gasteiger partial charge on any atom is -0.473 e. The van der Waals surface area contributed by atoms with Crippen molar-refractivity contribution in [3.05, 3.63) is 0 Å². The van der Waals surface area contributed by atoms with E-state index in [0.29, 0.717) is 18.5 Å². The second-order valence-electron chi connectivity index (χ2n) is 6.12. The zero-order chi connectivity index (χ0) is 17.4. The lowest BCUT2D eigenvalue weighted by Gasteiger charge is -2.37. The van der Waals surface area contributed by atoms with Gasteiger partial charge in [0.1, 0.15) is 0 Å². The van der Waals surface area contributed by atoms with Crippen LogP contribution in [0.25, 0.3) is 0 Å². The van der Waals surface area contributed by atoms with Gasteiger partial charge in [-0.1, -0.05) is 0 Å². The Labute approximate surface area is 136 Å². The van der Waals surface area contributed by atoms with Crippen LogP contribution in [0.3, 0.4) is 0 Å². The molecule has 1 atom stereocenters. The van der Waals surface area contributed by atoms with Crippen LogP contribution in [0.4, 0.5) is 0 Å². The molecule has 0 aliphatic carbocycles. The Morgan fingerprint density at radius 1 is 0.957 bits per heavy atom. The lowest BCUT2D eigenvalue weighted by Crippen LogP contribution is -2.51. The highest BCUT2D eigenvalue weighted by Gasteiger charge is 2.25. The summed E-state index contributed by atoms with van der Waals surface area (Å²) in [5.74, 6) is -3.31. The fraction of sp³-hybridized carbons (Fsp3) is 0.800. The second-order valence-corrected chi connectivity index (χ2v) is 6.12. The zero-order valence-corrected chi connectivity index (χ0v) is 13.9. The lowest BCUT2D eigenvalue weighted by atomic mass is 10.0. The molecule has 2 heterocycles. The molecule has 0 aromatic carbocycles. The summed E-state index contributed by atoms with van der Waals surface area (Å²) in [6.07, 6.45) is 3.63. The molecule has 2 rings (SSSR count). The highest BCUT2D eigenvalue weighted by molar-refractivity contribution is 6.27. The molecular formula is C15H27N3O5. The van der Waals surface area contributed by atoms with Gasteiger partial charge in [-0.25, -0.2) is 9.59 Å². The van der Waals surface area contributed by atoms with E-state index in [1.807, 2.05) is 0 Å². The van der Waals surface area contributed by atoms with Gasteiger partial charge in [0.15, 0.2) is 0 Å². The van der Waals surface area contributed by atoms with E-state index in [-0.39, 0.29) is 0 Å². The summed E-state index contributed by atoms with van der Waals surface area (Å²) in [4.78, 5) is 37.1. The number of amides is 1. The van der Waals surface area contributed by atoms with Crippen LogP contribution in [0.2, 0.25) is 0 Å². The Kier molecular flexibility index (Phi) is 7.97. The maximum Gasteiger partial charge on any atom is 0.414 e. The van der Waals surface area contributed by atoms with Crippen LogP contribution in [-0.2, 0) is 14.4 Å². The Morgan fingerprint density at radius 2 is 1.52 bits per heavy atom. The number of likely N-dealkylation sites (tertiary alicyclic amines) is 1. The standard InChI is InChI=1S/C13H25N3O.C2H2O4/c1-12-5-3-4-6-16(12)13(17)11-15-9-7-14(2)8-10-15;3-1(4)2(5)6/h12H,3-11H2,1-2H3;(H,3,4)(H,5,6). The predicted molar refractivity (Wildman–Crippen MR) is 84.2 cm³/mol. The monoisotopic (exact) mass is 329 g/mol. The summed E-state index contributed by atoms with van der Waals surface area (Å²) in [5, 5.41) is 14.8. The molecule has 2 saturated heterocycles. The van der Waals surface area contributed by atoms with Gasteiger partial charge < -0.3 is 20.0 Å². The molecule has 0 saturated carbocycles. The van der Waals surface area contributed by atoms with Crippen molar-refractivity contribution in [2.45, 2.75) is 32.2 Å². The number of hydrogen-bond acceptors (Lipinski definition) is 5. The SMILES string of the molecule is CC1CCCCN1C(=O)CN1CCN(C)CC1.O=C(O)C(=O)O. The largest absolute Gasteiger partial charge is 0.473 e. The first-order chi connectivity index (χ1) is 10.8. The van der Waals surface area contributed by atoms with E-state index in [4.69, 9.17) is 19.8 Å². The predicted octanol–water partition coefficient (Wildman–Crippen LogP) is -0.210. The number of piperidine rings is 1. The molecule has 23 heavy (non-hydrogen) atoms. The lowest BCUT2D eigenvalue weighted by molar-refractivity contribution is -0.159. The molecular weight excluding hydrogens is 302 g/mol. The molecule has 1 amide bonds. The molecule has 132 valence electrons. The van der Waals surface area contributed by atoms with Gasteiger partial charge in [0.2, 0.25) is 5.91 Å². The minimum atomic E-state index is -1.82. The quantitative estimate of drug-likeness (QED) is 0.676. The fourth-order valence-corrected chi connectivity index (χ4v) is 2.76. The van der Waals surface area contributed by atoms with Crippen LogP contribution in [0.15, 0.2) is 0 Å². The normalized spacial score (nSPS) is 22.9. The van der Waals surface area contributed by atoms with E-state index in [0.717, 1.165) is 32.7 Å². The van der Waals surface area contributed by atoms with E-state index < -0.39 is 11.9 Å². The van der Waals surface area contributed by atoms with Gasteiger partial charge in [-0.15, -0.1) is 0 Å². The smallest absolute Gasteiger partial charge is 0.414 e. The highest BCUT2D eigenvalue weighted by Crippen LogP contribution is 2.16. The minimum absolute atomic E-state index is 0.335. The summed E-state index contributed by atoms with van der Waals surface area (Å²) in [7, 11) is 2.14. The molecule has 1 unspecified atom stereocenters. The van der Waals surface area contributed by atoms with Crippen LogP contribution in [0.1, 0.15) is 26.2 Å². The van der Waals surface area contributed by atoms with Gasteiger partial charge in [0.05, 0.1) is 6.54 Å². The summed E-state index contributed by atoms with van der Waals surface area (Å²) in [5.41, 5.74) is 0. The number of nitrogens with zero attached hydrogens (tertiary/aromatic N) is 3. The molecule has 0 spiro atoms. The molecule has 2 aliphatic heterocycles. The van der Waals surface area contributed by atoms with Crippen molar-refractivity contribution in [2.75, 3.05) is 46.3 Å². The van der Waals surface area contributed by atoms with E-state index in [9.17, 15) is 4.79 Å². The molecule has 0 radical (unpaired) electrons. The number of piperazine rings is 1. The third-order valence-corrected chi connectivity index (χ3v) is 4.26. The Morgan fingerprint density at radius 3 is 2.00 bits per heavy atom. The summed E-state index contributed by atoms with van der Waals surface area (Å²) in [6.45, 7) is 8.01. The van der Waals surface area contributed by atoms with E-state index >= 15 is 0 Å². The molecule has 8 heteroatoms. The van der Waals surface area contributed by atoms with Crippen LogP contribution >= 0.6 is 0 Å². The van der Waals surface area contributed by atoms with Crippen molar-refractivity contribution in [3.8, 4) is 0 Å². The molecule has 2 fully saturated rings. The Bertz CT molecular complexity index is 409.